The Morgan fingerprint density at radius 3 is 2.61 bits per heavy atom. The van der Waals surface area contributed by atoms with Gasteiger partial charge in [-0.2, -0.15) is 0 Å². The zero-order chi connectivity index (χ0) is 19.7. The minimum atomic E-state index is -0.828. The highest BCUT2D eigenvalue weighted by Gasteiger charge is 2.19. The van der Waals surface area contributed by atoms with Crippen molar-refractivity contribution in [2.75, 3.05) is 0 Å². The van der Waals surface area contributed by atoms with Crippen LogP contribution in [-0.2, 0) is 11.2 Å². The number of carboxylic acids is 1. The molecule has 2 aromatic carbocycles. The molecular formula is C24H27NO3. The molecule has 0 atom stereocenters. The van der Waals surface area contributed by atoms with Crippen LogP contribution >= 0.6 is 0 Å². The Morgan fingerprint density at radius 1 is 1.11 bits per heavy atom. The zero-order valence-corrected chi connectivity index (χ0v) is 16.5. The number of carboxylic acid groups (broad SMARTS) is 1. The van der Waals surface area contributed by atoms with Gasteiger partial charge >= 0.3 is 5.97 Å². The average Bonchev–Trinajstić information content (AvgIpc) is 3.00. The number of benzene rings is 2. The number of hydrogen-bond donors (Lipinski definition) is 2. The van der Waals surface area contributed by atoms with Gasteiger partial charge in [0.1, 0.15) is 5.75 Å². The molecule has 28 heavy (non-hydrogen) atoms. The van der Waals surface area contributed by atoms with E-state index in [1.54, 1.807) is 0 Å². The molecule has 146 valence electrons. The van der Waals surface area contributed by atoms with E-state index in [4.69, 9.17) is 4.74 Å². The number of aromatic amines is 1. The Hall–Kier alpha value is -2.75. The summed E-state index contributed by atoms with van der Waals surface area (Å²) in [4.78, 5) is 15.0. The van der Waals surface area contributed by atoms with Crippen molar-refractivity contribution in [3.05, 3.63) is 53.1 Å². The first kappa shape index (κ1) is 18.6. The standard InChI is InChI=1S/C24H27NO3/c1-15-8-10-19(16(2)12-15)24-21(14-23(26)27)20-13-18(9-11-22(20)25-24)28-17-6-4-3-5-7-17/h8-13,17,25H,3-7,14H2,1-2H3,(H,26,27). The Labute approximate surface area is 165 Å². The molecular weight excluding hydrogens is 350 g/mol. The van der Waals surface area contributed by atoms with Crippen LogP contribution in [0.1, 0.15) is 48.8 Å². The number of H-pyrrole nitrogens is 1. The van der Waals surface area contributed by atoms with Gasteiger partial charge in [0.25, 0.3) is 0 Å². The molecule has 1 aliphatic carbocycles. The number of carbonyl (C=O) groups is 1. The van der Waals surface area contributed by atoms with Gasteiger partial charge in [-0.3, -0.25) is 4.79 Å². The summed E-state index contributed by atoms with van der Waals surface area (Å²) in [5.41, 5.74) is 6.04. The number of hydrogen-bond acceptors (Lipinski definition) is 2. The molecule has 0 aliphatic heterocycles. The molecule has 4 heteroatoms. The third-order valence-corrected chi connectivity index (χ3v) is 5.71. The first-order chi connectivity index (χ1) is 13.5. The minimum absolute atomic E-state index is 0.0183. The summed E-state index contributed by atoms with van der Waals surface area (Å²) in [6.07, 6.45) is 6.18. The lowest BCUT2D eigenvalue weighted by Gasteiger charge is -2.23. The van der Waals surface area contributed by atoms with Gasteiger partial charge in [-0.1, -0.05) is 30.2 Å². The number of aliphatic carboxylic acids is 1. The predicted molar refractivity (Wildman–Crippen MR) is 112 cm³/mol. The normalized spacial score (nSPS) is 15.1. The van der Waals surface area contributed by atoms with Gasteiger partial charge < -0.3 is 14.8 Å². The van der Waals surface area contributed by atoms with E-state index < -0.39 is 5.97 Å². The van der Waals surface area contributed by atoms with Gasteiger partial charge in [-0.25, -0.2) is 0 Å². The second-order valence-electron chi connectivity index (χ2n) is 7.95. The first-order valence-electron chi connectivity index (χ1n) is 10.1. The number of fused-ring (bicyclic) bond motifs is 1. The molecule has 1 saturated carbocycles. The number of aromatic nitrogens is 1. The van der Waals surface area contributed by atoms with Crippen molar-refractivity contribution >= 4 is 16.9 Å². The zero-order valence-electron chi connectivity index (χ0n) is 16.5. The quantitative estimate of drug-likeness (QED) is 0.591. The van der Waals surface area contributed by atoms with Gasteiger partial charge in [0.15, 0.2) is 0 Å². The van der Waals surface area contributed by atoms with Gasteiger partial charge in [0.2, 0.25) is 0 Å². The van der Waals surface area contributed by atoms with Crippen molar-refractivity contribution in [1.29, 1.82) is 0 Å². The summed E-state index contributed by atoms with van der Waals surface area (Å²) in [6.45, 7) is 4.13. The summed E-state index contributed by atoms with van der Waals surface area (Å²) in [5.74, 6) is 0.00253. The number of ether oxygens (including phenoxy) is 1. The summed E-state index contributed by atoms with van der Waals surface area (Å²) in [6, 6.07) is 12.3. The van der Waals surface area contributed by atoms with E-state index in [0.717, 1.165) is 51.9 Å². The molecule has 3 aromatic rings. The highest BCUT2D eigenvalue weighted by atomic mass is 16.5. The van der Waals surface area contributed by atoms with Crippen LogP contribution < -0.4 is 4.74 Å². The Morgan fingerprint density at radius 2 is 1.89 bits per heavy atom. The van der Waals surface area contributed by atoms with E-state index in [0.29, 0.717) is 0 Å². The Kier molecular flexibility index (Phi) is 5.12. The van der Waals surface area contributed by atoms with Crippen molar-refractivity contribution in [3.63, 3.8) is 0 Å². The maximum Gasteiger partial charge on any atom is 0.307 e. The summed E-state index contributed by atoms with van der Waals surface area (Å²) in [5, 5.41) is 10.5. The smallest absolute Gasteiger partial charge is 0.307 e. The molecule has 0 saturated heterocycles. The van der Waals surface area contributed by atoms with Crippen LogP contribution in [0, 0.1) is 13.8 Å². The molecule has 2 N–H and O–H groups in total. The first-order valence-corrected chi connectivity index (χ1v) is 10.1. The number of rotatable bonds is 5. The van der Waals surface area contributed by atoms with E-state index in [-0.39, 0.29) is 12.5 Å². The van der Waals surface area contributed by atoms with Crippen molar-refractivity contribution < 1.29 is 14.6 Å². The fourth-order valence-electron chi connectivity index (χ4n) is 4.33. The lowest BCUT2D eigenvalue weighted by Crippen LogP contribution is -2.19. The van der Waals surface area contributed by atoms with Crippen molar-refractivity contribution in [1.82, 2.24) is 4.98 Å². The second-order valence-corrected chi connectivity index (χ2v) is 7.95. The molecule has 1 heterocycles. The van der Waals surface area contributed by atoms with Crippen molar-refractivity contribution in [2.24, 2.45) is 0 Å². The minimum Gasteiger partial charge on any atom is -0.490 e. The van der Waals surface area contributed by atoms with Gasteiger partial charge in [-0.15, -0.1) is 0 Å². The molecule has 0 radical (unpaired) electrons. The highest BCUT2D eigenvalue weighted by molar-refractivity contribution is 5.95. The maximum atomic E-state index is 11.6. The third kappa shape index (κ3) is 3.77. The second kappa shape index (κ2) is 7.70. The van der Waals surface area contributed by atoms with E-state index in [2.05, 4.69) is 37.0 Å². The van der Waals surface area contributed by atoms with Gasteiger partial charge in [0, 0.05) is 16.5 Å². The fourth-order valence-corrected chi connectivity index (χ4v) is 4.33. The molecule has 4 rings (SSSR count). The monoisotopic (exact) mass is 377 g/mol. The topological polar surface area (TPSA) is 62.3 Å². The van der Waals surface area contributed by atoms with Crippen molar-refractivity contribution in [2.45, 2.75) is 58.5 Å². The molecule has 0 unspecified atom stereocenters. The van der Waals surface area contributed by atoms with E-state index >= 15 is 0 Å². The molecule has 0 spiro atoms. The third-order valence-electron chi connectivity index (χ3n) is 5.71. The van der Waals surface area contributed by atoms with Crippen LogP contribution in [0.5, 0.6) is 5.75 Å². The van der Waals surface area contributed by atoms with Crippen LogP contribution in [0.2, 0.25) is 0 Å². The highest BCUT2D eigenvalue weighted by Crippen LogP contribution is 2.35. The van der Waals surface area contributed by atoms with Gasteiger partial charge in [-0.05, 0) is 68.9 Å². The SMILES string of the molecule is Cc1ccc(-c2[nH]c3ccc(OC4CCCCC4)cc3c2CC(=O)O)c(C)c1. The average molecular weight is 377 g/mol. The molecule has 0 amide bonds. The van der Waals surface area contributed by atoms with Crippen LogP contribution in [-0.4, -0.2) is 22.2 Å². The Bertz CT molecular complexity index is 1010. The fraction of sp³-hybridized carbons (Fsp3) is 0.375. The van der Waals surface area contributed by atoms with Crippen LogP contribution in [0.4, 0.5) is 0 Å². The summed E-state index contributed by atoms with van der Waals surface area (Å²) < 4.78 is 6.22. The molecule has 1 aromatic heterocycles. The predicted octanol–water partition coefficient (Wildman–Crippen LogP) is 5.79. The van der Waals surface area contributed by atoms with Crippen LogP contribution in [0.25, 0.3) is 22.2 Å². The lowest BCUT2D eigenvalue weighted by atomic mass is 9.97. The van der Waals surface area contributed by atoms with E-state index in [1.807, 2.05) is 18.2 Å². The Balaban J connectivity index is 1.78. The molecule has 0 bridgehead atoms. The molecule has 1 fully saturated rings. The van der Waals surface area contributed by atoms with Crippen molar-refractivity contribution in [3.8, 4) is 17.0 Å². The van der Waals surface area contributed by atoms with E-state index in [9.17, 15) is 9.90 Å². The van der Waals surface area contributed by atoms with Crippen LogP contribution in [0.3, 0.4) is 0 Å². The number of nitrogens with one attached hydrogen (secondary N) is 1. The summed E-state index contributed by atoms with van der Waals surface area (Å²) >= 11 is 0. The lowest BCUT2D eigenvalue weighted by molar-refractivity contribution is -0.136. The number of aryl methyl sites for hydroxylation is 2. The molecule has 4 nitrogen and oxygen atoms in total. The summed E-state index contributed by atoms with van der Waals surface area (Å²) in [7, 11) is 0. The maximum absolute atomic E-state index is 11.6. The molecule has 1 aliphatic rings. The van der Waals surface area contributed by atoms with Gasteiger partial charge in [0.05, 0.1) is 18.2 Å². The van der Waals surface area contributed by atoms with E-state index in [1.165, 1.54) is 24.8 Å². The van der Waals surface area contributed by atoms with Crippen LogP contribution in [0.15, 0.2) is 36.4 Å². The largest absolute Gasteiger partial charge is 0.490 e.